The van der Waals surface area contributed by atoms with Crippen LogP contribution < -0.4 is 10.6 Å². The summed E-state index contributed by atoms with van der Waals surface area (Å²) in [7, 11) is 1.84. The van der Waals surface area contributed by atoms with E-state index in [0.29, 0.717) is 11.6 Å². The molecule has 0 aliphatic heterocycles. The summed E-state index contributed by atoms with van der Waals surface area (Å²) >= 11 is 0. The second kappa shape index (κ2) is 5.78. The van der Waals surface area contributed by atoms with Gasteiger partial charge in [0, 0.05) is 24.4 Å². The van der Waals surface area contributed by atoms with E-state index < -0.39 is 0 Å². The number of hydrogen-bond acceptors (Lipinski definition) is 4. The highest BCUT2D eigenvalue weighted by Gasteiger charge is 2.24. The number of anilines is 3. The van der Waals surface area contributed by atoms with Crippen molar-refractivity contribution >= 4 is 23.0 Å². The third kappa shape index (κ3) is 2.58. The quantitative estimate of drug-likeness (QED) is 0.754. The maximum Gasteiger partial charge on any atom is 0.163 e. The molecular weight excluding hydrogens is 305 g/mol. The van der Waals surface area contributed by atoms with Gasteiger partial charge in [-0.15, -0.1) is 0 Å². The van der Waals surface area contributed by atoms with Crippen LogP contribution in [0.1, 0.15) is 36.3 Å². The van der Waals surface area contributed by atoms with Crippen molar-refractivity contribution in [3.8, 4) is 0 Å². The molecule has 1 saturated carbocycles. The second-order valence-electron chi connectivity index (χ2n) is 6.38. The number of benzene rings is 1. The average Bonchev–Trinajstić information content (AvgIpc) is 2.88. The molecule has 0 spiro atoms. The predicted octanol–water partition coefficient (Wildman–Crippen LogP) is 4.23. The van der Waals surface area contributed by atoms with Crippen LogP contribution in [0.2, 0.25) is 0 Å². The Labute approximate surface area is 139 Å². The predicted molar refractivity (Wildman–Crippen MR) is 93.5 cm³/mol. The molecule has 124 valence electrons. The SMILES string of the molecule is CNc1cc(Nc2cc(C)cc(F)c2)n2ncc(C3CCC3)c2n1. The van der Waals surface area contributed by atoms with Crippen molar-refractivity contribution in [2.24, 2.45) is 0 Å². The summed E-state index contributed by atoms with van der Waals surface area (Å²) in [5.74, 6) is 1.82. The van der Waals surface area contributed by atoms with Gasteiger partial charge in [0.15, 0.2) is 5.65 Å². The first-order chi connectivity index (χ1) is 11.6. The van der Waals surface area contributed by atoms with Crippen LogP contribution in [-0.4, -0.2) is 21.6 Å². The molecule has 4 rings (SSSR count). The number of nitrogens with zero attached hydrogens (tertiary/aromatic N) is 3. The van der Waals surface area contributed by atoms with Crippen LogP contribution in [-0.2, 0) is 0 Å². The third-order valence-electron chi connectivity index (χ3n) is 4.61. The van der Waals surface area contributed by atoms with Crippen LogP contribution in [0.5, 0.6) is 0 Å². The Morgan fingerprint density at radius 2 is 2.04 bits per heavy atom. The van der Waals surface area contributed by atoms with E-state index in [1.165, 1.54) is 37.0 Å². The normalized spacial score (nSPS) is 14.6. The van der Waals surface area contributed by atoms with Crippen molar-refractivity contribution in [1.82, 2.24) is 14.6 Å². The Morgan fingerprint density at radius 1 is 1.21 bits per heavy atom. The van der Waals surface area contributed by atoms with Gasteiger partial charge in [-0.05, 0) is 49.4 Å². The smallest absolute Gasteiger partial charge is 0.163 e. The van der Waals surface area contributed by atoms with E-state index in [-0.39, 0.29) is 5.82 Å². The summed E-state index contributed by atoms with van der Waals surface area (Å²) in [4.78, 5) is 4.67. The topological polar surface area (TPSA) is 54.2 Å². The molecular formula is C18H20FN5. The van der Waals surface area contributed by atoms with E-state index in [1.54, 1.807) is 4.52 Å². The average molecular weight is 325 g/mol. The zero-order valence-corrected chi connectivity index (χ0v) is 13.8. The molecule has 2 aromatic heterocycles. The highest BCUT2D eigenvalue weighted by Crippen LogP contribution is 2.38. The van der Waals surface area contributed by atoms with Crippen molar-refractivity contribution in [2.75, 3.05) is 17.7 Å². The molecule has 1 aliphatic rings. The van der Waals surface area contributed by atoms with Crippen molar-refractivity contribution in [3.05, 3.63) is 47.4 Å². The fourth-order valence-electron chi connectivity index (χ4n) is 3.16. The zero-order valence-electron chi connectivity index (χ0n) is 13.8. The van der Waals surface area contributed by atoms with Crippen LogP contribution in [0, 0.1) is 12.7 Å². The summed E-state index contributed by atoms with van der Waals surface area (Å²) in [5, 5.41) is 10.9. The van der Waals surface area contributed by atoms with Crippen LogP contribution in [0.15, 0.2) is 30.5 Å². The summed E-state index contributed by atoms with van der Waals surface area (Å²) < 4.78 is 15.5. The molecule has 0 atom stereocenters. The van der Waals surface area contributed by atoms with E-state index in [4.69, 9.17) is 0 Å². The van der Waals surface area contributed by atoms with Crippen LogP contribution >= 0.6 is 0 Å². The number of aromatic nitrogens is 3. The van der Waals surface area contributed by atoms with Gasteiger partial charge in [-0.3, -0.25) is 0 Å². The van der Waals surface area contributed by atoms with E-state index in [9.17, 15) is 4.39 Å². The standard InChI is InChI=1S/C18H20FN5/c1-11-6-13(19)8-14(7-11)22-17-9-16(20-2)23-18-15(10-21-24(17)18)12-4-3-5-12/h6-10,12,22H,3-5H2,1-2H3,(H,20,23). The molecule has 0 bridgehead atoms. The number of nitrogens with one attached hydrogen (secondary N) is 2. The lowest BCUT2D eigenvalue weighted by molar-refractivity contribution is 0.421. The van der Waals surface area contributed by atoms with Gasteiger partial charge in [0.2, 0.25) is 0 Å². The fraction of sp³-hybridized carbons (Fsp3) is 0.333. The molecule has 1 aliphatic carbocycles. The maximum atomic E-state index is 13.7. The van der Waals surface area contributed by atoms with Gasteiger partial charge in [0.05, 0.1) is 6.20 Å². The number of rotatable bonds is 4. The molecule has 0 unspecified atom stereocenters. The lowest BCUT2D eigenvalue weighted by atomic mass is 9.81. The minimum Gasteiger partial charge on any atom is -0.373 e. The first-order valence-electron chi connectivity index (χ1n) is 8.24. The molecule has 0 saturated heterocycles. The molecule has 0 amide bonds. The Morgan fingerprint density at radius 3 is 2.71 bits per heavy atom. The molecule has 0 radical (unpaired) electrons. The van der Waals surface area contributed by atoms with E-state index in [1.807, 2.05) is 32.3 Å². The lowest BCUT2D eigenvalue weighted by Gasteiger charge is -2.24. The number of fused-ring (bicyclic) bond motifs is 1. The van der Waals surface area contributed by atoms with Crippen molar-refractivity contribution in [1.29, 1.82) is 0 Å². The minimum atomic E-state index is -0.257. The third-order valence-corrected chi connectivity index (χ3v) is 4.61. The fourth-order valence-corrected chi connectivity index (χ4v) is 3.16. The van der Waals surface area contributed by atoms with E-state index in [0.717, 1.165) is 22.8 Å². The van der Waals surface area contributed by atoms with Crippen LogP contribution in [0.4, 0.5) is 21.7 Å². The first kappa shape index (κ1) is 14.9. The maximum absolute atomic E-state index is 13.7. The van der Waals surface area contributed by atoms with Gasteiger partial charge in [0.25, 0.3) is 0 Å². The molecule has 24 heavy (non-hydrogen) atoms. The van der Waals surface area contributed by atoms with Gasteiger partial charge in [0.1, 0.15) is 17.5 Å². The molecule has 5 nitrogen and oxygen atoms in total. The highest BCUT2D eigenvalue weighted by atomic mass is 19.1. The van der Waals surface area contributed by atoms with E-state index >= 15 is 0 Å². The summed E-state index contributed by atoms with van der Waals surface area (Å²) in [6, 6.07) is 6.78. The van der Waals surface area contributed by atoms with Crippen molar-refractivity contribution < 1.29 is 4.39 Å². The second-order valence-corrected chi connectivity index (χ2v) is 6.38. The van der Waals surface area contributed by atoms with E-state index in [2.05, 4.69) is 20.7 Å². The Bertz CT molecular complexity index is 878. The number of hydrogen-bond donors (Lipinski definition) is 2. The first-order valence-corrected chi connectivity index (χ1v) is 8.24. The minimum absolute atomic E-state index is 0.257. The van der Waals surface area contributed by atoms with Gasteiger partial charge in [-0.25, -0.2) is 9.37 Å². The summed E-state index contributed by atoms with van der Waals surface area (Å²) in [6.45, 7) is 1.87. The van der Waals surface area contributed by atoms with Gasteiger partial charge in [-0.2, -0.15) is 9.61 Å². The Hall–Kier alpha value is -2.63. The highest BCUT2D eigenvalue weighted by molar-refractivity contribution is 5.66. The zero-order chi connectivity index (χ0) is 16.7. The van der Waals surface area contributed by atoms with Gasteiger partial charge in [-0.1, -0.05) is 6.42 Å². The van der Waals surface area contributed by atoms with Crippen molar-refractivity contribution in [2.45, 2.75) is 32.1 Å². The molecule has 1 fully saturated rings. The molecule has 2 heterocycles. The molecule has 2 N–H and O–H groups in total. The Balaban J connectivity index is 1.80. The monoisotopic (exact) mass is 325 g/mol. The summed E-state index contributed by atoms with van der Waals surface area (Å²) in [5.41, 5.74) is 3.62. The lowest BCUT2D eigenvalue weighted by Crippen LogP contribution is -2.10. The molecule has 6 heteroatoms. The molecule has 3 aromatic rings. The number of halogens is 1. The molecule has 1 aromatic carbocycles. The van der Waals surface area contributed by atoms with Crippen LogP contribution in [0.25, 0.3) is 5.65 Å². The summed E-state index contributed by atoms with van der Waals surface area (Å²) in [6.07, 6.45) is 5.56. The Kier molecular flexibility index (Phi) is 3.59. The van der Waals surface area contributed by atoms with Crippen LogP contribution in [0.3, 0.4) is 0 Å². The van der Waals surface area contributed by atoms with Crippen molar-refractivity contribution in [3.63, 3.8) is 0 Å². The largest absolute Gasteiger partial charge is 0.373 e. The van der Waals surface area contributed by atoms with Gasteiger partial charge >= 0.3 is 0 Å². The number of aryl methyl sites for hydroxylation is 1. The van der Waals surface area contributed by atoms with Gasteiger partial charge < -0.3 is 10.6 Å².